The van der Waals surface area contributed by atoms with Crippen molar-refractivity contribution in [3.05, 3.63) is 34.4 Å². The summed E-state index contributed by atoms with van der Waals surface area (Å²) in [6.45, 7) is 12.9. The molecule has 19 heavy (non-hydrogen) atoms. The summed E-state index contributed by atoms with van der Waals surface area (Å²) in [5, 5.41) is 3.55. The first kappa shape index (κ1) is 14.5. The molecule has 1 saturated heterocycles. The van der Waals surface area contributed by atoms with Gasteiger partial charge in [-0.2, -0.15) is 0 Å². The molecule has 1 fully saturated rings. The fraction of sp³-hybridized carbons (Fsp3) is 0.647. The molecule has 0 amide bonds. The maximum atomic E-state index is 6.02. The molecule has 1 aliphatic rings. The fourth-order valence-electron chi connectivity index (χ4n) is 2.86. The van der Waals surface area contributed by atoms with E-state index in [4.69, 9.17) is 4.74 Å². The Labute approximate surface area is 117 Å². The van der Waals surface area contributed by atoms with Gasteiger partial charge in [-0.05, 0) is 49.4 Å². The zero-order valence-electron chi connectivity index (χ0n) is 12.9. The monoisotopic (exact) mass is 261 g/mol. The fourth-order valence-corrected chi connectivity index (χ4v) is 2.86. The lowest BCUT2D eigenvalue weighted by Crippen LogP contribution is -2.30. The highest BCUT2D eigenvalue weighted by Crippen LogP contribution is 2.36. The van der Waals surface area contributed by atoms with Crippen LogP contribution in [0.5, 0.6) is 0 Å². The molecule has 1 aromatic carbocycles. The Morgan fingerprint density at radius 2 is 1.84 bits per heavy atom. The highest BCUT2D eigenvalue weighted by atomic mass is 16.5. The van der Waals surface area contributed by atoms with Gasteiger partial charge in [0.2, 0.25) is 0 Å². The standard InChI is InChI=1S/C17H27NO/c1-11(2)18-10-15-6-7-19-17(15)16-9-13(4)12(3)8-14(16)5/h8-9,11,15,17-18H,6-7,10H2,1-5H3. The van der Waals surface area contributed by atoms with E-state index in [0.717, 1.165) is 19.6 Å². The van der Waals surface area contributed by atoms with Gasteiger partial charge in [0.05, 0.1) is 6.10 Å². The summed E-state index contributed by atoms with van der Waals surface area (Å²) in [5.41, 5.74) is 5.49. The number of hydrogen-bond donors (Lipinski definition) is 1. The third kappa shape index (κ3) is 3.37. The van der Waals surface area contributed by atoms with E-state index in [0.29, 0.717) is 12.0 Å². The average molecular weight is 261 g/mol. The first-order valence-electron chi connectivity index (χ1n) is 7.41. The van der Waals surface area contributed by atoms with Gasteiger partial charge in [-0.1, -0.05) is 26.0 Å². The largest absolute Gasteiger partial charge is 0.373 e. The van der Waals surface area contributed by atoms with E-state index < -0.39 is 0 Å². The van der Waals surface area contributed by atoms with Crippen molar-refractivity contribution in [3.8, 4) is 0 Å². The van der Waals surface area contributed by atoms with Gasteiger partial charge in [-0.25, -0.2) is 0 Å². The molecule has 2 heteroatoms. The van der Waals surface area contributed by atoms with Crippen molar-refractivity contribution < 1.29 is 4.74 Å². The molecule has 2 atom stereocenters. The molecule has 2 nitrogen and oxygen atoms in total. The van der Waals surface area contributed by atoms with E-state index in [9.17, 15) is 0 Å². The number of ether oxygens (including phenoxy) is 1. The molecule has 0 aromatic heterocycles. The van der Waals surface area contributed by atoms with Crippen molar-refractivity contribution in [1.82, 2.24) is 5.32 Å². The van der Waals surface area contributed by atoms with E-state index in [-0.39, 0.29) is 6.10 Å². The Balaban J connectivity index is 2.18. The molecule has 2 rings (SSSR count). The van der Waals surface area contributed by atoms with Crippen LogP contribution in [0.15, 0.2) is 12.1 Å². The smallest absolute Gasteiger partial charge is 0.0868 e. The summed E-state index contributed by atoms with van der Waals surface area (Å²) in [4.78, 5) is 0. The molecule has 1 N–H and O–H groups in total. The van der Waals surface area contributed by atoms with Crippen LogP contribution < -0.4 is 5.32 Å². The van der Waals surface area contributed by atoms with Gasteiger partial charge < -0.3 is 10.1 Å². The van der Waals surface area contributed by atoms with Crippen molar-refractivity contribution >= 4 is 0 Å². The van der Waals surface area contributed by atoms with Crippen LogP contribution in [0.25, 0.3) is 0 Å². The second-order valence-electron chi connectivity index (χ2n) is 6.20. The van der Waals surface area contributed by atoms with Crippen LogP contribution in [0.2, 0.25) is 0 Å². The summed E-state index contributed by atoms with van der Waals surface area (Å²) in [6.07, 6.45) is 1.43. The molecule has 1 heterocycles. The van der Waals surface area contributed by atoms with Gasteiger partial charge in [0.25, 0.3) is 0 Å². The number of benzene rings is 1. The van der Waals surface area contributed by atoms with Gasteiger partial charge in [0, 0.05) is 25.1 Å². The first-order chi connectivity index (χ1) is 8.99. The molecular formula is C17H27NO. The van der Waals surface area contributed by atoms with E-state index in [1.807, 2.05) is 0 Å². The normalized spacial score (nSPS) is 23.3. The van der Waals surface area contributed by atoms with Gasteiger partial charge in [-0.3, -0.25) is 0 Å². The molecule has 0 bridgehead atoms. The SMILES string of the molecule is Cc1cc(C)c(C2OCCC2CNC(C)C)cc1C. The van der Waals surface area contributed by atoms with Gasteiger partial charge in [0.15, 0.2) is 0 Å². The highest BCUT2D eigenvalue weighted by molar-refractivity contribution is 5.38. The molecule has 0 radical (unpaired) electrons. The summed E-state index contributed by atoms with van der Waals surface area (Å²) in [7, 11) is 0. The summed E-state index contributed by atoms with van der Waals surface area (Å²) < 4.78 is 6.02. The average Bonchev–Trinajstić information content (AvgIpc) is 2.79. The van der Waals surface area contributed by atoms with Crippen LogP contribution in [-0.4, -0.2) is 19.2 Å². The van der Waals surface area contributed by atoms with Crippen LogP contribution in [0.4, 0.5) is 0 Å². The first-order valence-corrected chi connectivity index (χ1v) is 7.41. The second kappa shape index (κ2) is 6.06. The minimum atomic E-state index is 0.269. The number of nitrogens with one attached hydrogen (secondary N) is 1. The minimum Gasteiger partial charge on any atom is -0.373 e. The second-order valence-corrected chi connectivity index (χ2v) is 6.20. The van der Waals surface area contributed by atoms with Gasteiger partial charge >= 0.3 is 0 Å². The van der Waals surface area contributed by atoms with Crippen molar-refractivity contribution in [3.63, 3.8) is 0 Å². The zero-order chi connectivity index (χ0) is 14.0. The maximum absolute atomic E-state index is 6.02. The predicted molar refractivity (Wildman–Crippen MR) is 80.6 cm³/mol. The van der Waals surface area contributed by atoms with Gasteiger partial charge in [-0.15, -0.1) is 0 Å². The number of hydrogen-bond acceptors (Lipinski definition) is 2. The highest BCUT2D eigenvalue weighted by Gasteiger charge is 2.30. The summed E-state index contributed by atoms with van der Waals surface area (Å²) >= 11 is 0. The van der Waals surface area contributed by atoms with E-state index in [2.05, 4.69) is 52.1 Å². The third-order valence-corrected chi connectivity index (χ3v) is 4.19. The molecule has 1 aromatic rings. The Hall–Kier alpha value is -0.860. The van der Waals surface area contributed by atoms with Crippen LogP contribution in [0, 0.1) is 26.7 Å². The van der Waals surface area contributed by atoms with E-state index >= 15 is 0 Å². The lowest BCUT2D eigenvalue weighted by Gasteiger charge is -2.23. The molecule has 106 valence electrons. The van der Waals surface area contributed by atoms with Crippen molar-refractivity contribution in [2.24, 2.45) is 5.92 Å². The van der Waals surface area contributed by atoms with Crippen LogP contribution in [0.3, 0.4) is 0 Å². The molecule has 0 aliphatic carbocycles. The lowest BCUT2D eigenvalue weighted by molar-refractivity contribution is 0.0895. The van der Waals surface area contributed by atoms with Crippen molar-refractivity contribution in [2.75, 3.05) is 13.2 Å². The van der Waals surface area contributed by atoms with Crippen LogP contribution >= 0.6 is 0 Å². The zero-order valence-corrected chi connectivity index (χ0v) is 12.9. The van der Waals surface area contributed by atoms with E-state index in [1.54, 1.807) is 0 Å². The van der Waals surface area contributed by atoms with Crippen LogP contribution in [-0.2, 0) is 4.74 Å². The molecule has 1 aliphatic heterocycles. The Kier molecular flexibility index (Phi) is 4.64. The molecule has 0 saturated carbocycles. The minimum absolute atomic E-state index is 0.269. The Bertz CT molecular complexity index is 439. The number of rotatable bonds is 4. The predicted octanol–water partition coefficient (Wildman–Crippen LogP) is 3.69. The maximum Gasteiger partial charge on any atom is 0.0868 e. The third-order valence-electron chi connectivity index (χ3n) is 4.19. The van der Waals surface area contributed by atoms with Crippen molar-refractivity contribution in [1.29, 1.82) is 0 Å². The molecule has 2 unspecified atom stereocenters. The lowest BCUT2D eigenvalue weighted by atomic mass is 9.90. The van der Waals surface area contributed by atoms with E-state index in [1.165, 1.54) is 22.3 Å². The van der Waals surface area contributed by atoms with Crippen LogP contribution in [0.1, 0.15) is 48.6 Å². The quantitative estimate of drug-likeness (QED) is 0.892. The Morgan fingerprint density at radius 1 is 1.16 bits per heavy atom. The Morgan fingerprint density at radius 3 is 2.53 bits per heavy atom. The van der Waals surface area contributed by atoms with Gasteiger partial charge in [0.1, 0.15) is 0 Å². The van der Waals surface area contributed by atoms with Crippen molar-refractivity contribution in [2.45, 2.75) is 53.2 Å². The topological polar surface area (TPSA) is 21.3 Å². The summed E-state index contributed by atoms with van der Waals surface area (Å²) in [5.74, 6) is 0.600. The molecular weight excluding hydrogens is 234 g/mol. The molecule has 0 spiro atoms. The number of aryl methyl sites for hydroxylation is 3. The summed E-state index contributed by atoms with van der Waals surface area (Å²) in [6, 6.07) is 5.16.